The molecule has 0 atom stereocenters. The van der Waals surface area contributed by atoms with E-state index in [-0.39, 0.29) is 18.4 Å². The molecule has 1 fully saturated rings. The Morgan fingerprint density at radius 1 is 1.54 bits per heavy atom. The summed E-state index contributed by atoms with van der Waals surface area (Å²) in [6.07, 6.45) is 0.148. The number of amides is 3. The van der Waals surface area contributed by atoms with Crippen LogP contribution in [0.5, 0.6) is 0 Å². The largest absolute Gasteiger partial charge is 0.336 e. The molecule has 1 aliphatic heterocycles. The first kappa shape index (κ1) is 17.2. The number of carbonyl (C=O) groups excluding carboxylic acids is 2. The highest BCUT2D eigenvalue weighted by Crippen LogP contribution is 2.29. The maximum Gasteiger partial charge on any atom is 0.323 e. The SMILES string of the molecule is CN(C(=O)Cc1csc(N2CCNC2=O)n1)c1ccc(Br)cc1Cl. The van der Waals surface area contributed by atoms with Gasteiger partial charge in [0.05, 0.1) is 22.8 Å². The summed E-state index contributed by atoms with van der Waals surface area (Å²) in [6.45, 7) is 1.20. The van der Waals surface area contributed by atoms with Crippen LogP contribution < -0.4 is 15.1 Å². The maximum atomic E-state index is 12.5. The number of thiazole rings is 1. The Balaban J connectivity index is 1.70. The number of halogens is 2. The fraction of sp³-hybridized carbons (Fsp3) is 0.267. The Morgan fingerprint density at radius 3 is 3.00 bits per heavy atom. The molecule has 0 saturated carbocycles. The fourth-order valence-corrected chi connectivity index (χ4v) is 3.97. The third-order valence-electron chi connectivity index (χ3n) is 3.60. The van der Waals surface area contributed by atoms with Crippen LogP contribution in [-0.2, 0) is 11.2 Å². The van der Waals surface area contributed by atoms with Crippen molar-refractivity contribution in [3.8, 4) is 0 Å². The predicted molar refractivity (Wildman–Crippen MR) is 99.1 cm³/mol. The van der Waals surface area contributed by atoms with Gasteiger partial charge in [-0.1, -0.05) is 27.5 Å². The van der Waals surface area contributed by atoms with Crippen molar-refractivity contribution in [2.75, 3.05) is 29.9 Å². The number of urea groups is 1. The summed E-state index contributed by atoms with van der Waals surface area (Å²) in [4.78, 5) is 31.6. The number of nitrogens with one attached hydrogen (secondary N) is 1. The zero-order valence-electron chi connectivity index (χ0n) is 12.8. The van der Waals surface area contributed by atoms with Crippen molar-refractivity contribution in [3.63, 3.8) is 0 Å². The summed E-state index contributed by atoms with van der Waals surface area (Å²) in [5, 5.41) is 5.63. The molecular weight excluding hydrogens is 416 g/mol. The van der Waals surface area contributed by atoms with Gasteiger partial charge in [0, 0.05) is 30.0 Å². The van der Waals surface area contributed by atoms with Crippen LogP contribution in [0.2, 0.25) is 5.02 Å². The van der Waals surface area contributed by atoms with Crippen LogP contribution in [0, 0.1) is 0 Å². The van der Waals surface area contributed by atoms with Crippen LogP contribution >= 0.6 is 38.9 Å². The summed E-state index contributed by atoms with van der Waals surface area (Å²) < 4.78 is 0.852. The number of anilines is 2. The average Bonchev–Trinajstić information content (AvgIpc) is 3.15. The summed E-state index contributed by atoms with van der Waals surface area (Å²) in [5.41, 5.74) is 1.28. The topological polar surface area (TPSA) is 65.5 Å². The van der Waals surface area contributed by atoms with Gasteiger partial charge in [0.25, 0.3) is 0 Å². The zero-order valence-corrected chi connectivity index (χ0v) is 15.9. The van der Waals surface area contributed by atoms with Gasteiger partial charge in [-0.25, -0.2) is 9.78 Å². The summed E-state index contributed by atoms with van der Waals surface area (Å²) in [5.74, 6) is -0.123. The van der Waals surface area contributed by atoms with Gasteiger partial charge in [0.1, 0.15) is 0 Å². The van der Waals surface area contributed by atoms with Gasteiger partial charge < -0.3 is 10.2 Å². The van der Waals surface area contributed by atoms with E-state index in [4.69, 9.17) is 11.6 Å². The number of likely N-dealkylation sites (N-methyl/N-ethyl adjacent to an activating group) is 1. The van der Waals surface area contributed by atoms with Crippen LogP contribution in [0.25, 0.3) is 0 Å². The normalized spacial score (nSPS) is 14.0. The van der Waals surface area contributed by atoms with Gasteiger partial charge in [-0.2, -0.15) is 0 Å². The first-order valence-corrected chi connectivity index (χ1v) is 9.22. The van der Waals surface area contributed by atoms with E-state index < -0.39 is 0 Å². The molecule has 0 unspecified atom stereocenters. The van der Waals surface area contributed by atoms with Gasteiger partial charge in [-0.3, -0.25) is 9.69 Å². The van der Waals surface area contributed by atoms with Crippen LogP contribution in [0.15, 0.2) is 28.1 Å². The number of hydrogen-bond acceptors (Lipinski definition) is 4. The molecule has 9 heteroatoms. The van der Waals surface area contributed by atoms with Crippen molar-refractivity contribution >= 4 is 61.6 Å². The highest BCUT2D eigenvalue weighted by Gasteiger charge is 2.24. The molecule has 0 bridgehead atoms. The van der Waals surface area contributed by atoms with Crippen molar-refractivity contribution in [1.82, 2.24) is 10.3 Å². The van der Waals surface area contributed by atoms with E-state index >= 15 is 0 Å². The van der Waals surface area contributed by atoms with Gasteiger partial charge in [-0.05, 0) is 18.2 Å². The molecule has 1 saturated heterocycles. The molecule has 2 aromatic rings. The van der Waals surface area contributed by atoms with Crippen molar-refractivity contribution in [1.29, 1.82) is 0 Å². The average molecular weight is 430 g/mol. The minimum absolute atomic E-state index is 0.123. The highest BCUT2D eigenvalue weighted by atomic mass is 79.9. The van der Waals surface area contributed by atoms with E-state index in [9.17, 15) is 9.59 Å². The number of hydrogen-bond donors (Lipinski definition) is 1. The quantitative estimate of drug-likeness (QED) is 0.811. The van der Waals surface area contributed by atoms with E-state index in [1.807, 2.05) is 6.07 Å². The smallest absolute Gasteiger partial charge is 0.323 e. The Labute approximate surface area is 156 Å². The molecule has 1 N–H and O–H groups in total. The third kappa shape index (κ3) is 3.55. The molecular formula is C15H14BrClN4O2S. The Morgan fingerprint density at radius 2 is 2.33 bits per heavy atom. The van der Waals surface area contributed by atoms with Crippen LogP contribution in [-0.4, -0.2) is 37.1 Å². The first-order chi connectivity index (χ1) is 11.5. The van der Waals surface area contributed by atoms with Gasteiger partial charge >= 0.3 is 6.03 Å². The monoisotopic (exact) mass is 428 g/mol. The lowest BCUT2D eigenvalue weighted by Gasteiger charge is -2.18. The minimum Gasteiger partial charge on any atom is -0.336 e. The number of benzene rings is 1. The maximum absolute atomic E-state index is 12.5. The first-order valence-electron chi connectivity index (χ1n) is 7.17. The van der Waals surface area contributed by atoms with Gasteiger partial charge in [-0.15, -0.1) is 11.3 Å². The molecule has 3 rings (SSSR count). The third-order valence-corrected chi connectivity index (χ3v) is 5.31. The van der Waals surface area contributed by atoms with E-state index in [1.165, 1.54) is 16.2 Å². The summed E-state index contributed by atoms with van der Waals surface area (Å²) in [6, 6.07) is 5.21. The second-order valence-electron chi connectivity index (χ2n) is 5.23. The van der Waals surface area contributed by atoms with Gasteiger partial charge in [0.15, 0.2) is 5.13 Å². The number of carbonyl (C=O) groups is 2. The van der Waals surface area contributed by atoms with Crippen molar-refractivity contribution < 1.29 is 9.59 Å². The molecule has 1 aromatic heterocycles. The second kappa shape index (κ2) is 7.08. The van der Waals surface area contributed by atoms with Crippen LogP contribution in [0.3, 0.4) is 0 Å². The van der Waals surface area contributed by atoms with Crippen molar-refractivity contribution in [2.45, 2.75) is 6.42 Å². The Hall–Kier alpha value is -1.64. The number of aromatic nitrogens is 1. The van der Waals surface area contributed by atoms with E-state index in [0.717, 1.165) is 4.47 Å². The predicted octanol–water partition coefficient (Wildman–Crippen LogP) is 3.29. The number of nitrogens with zero attached hydrogens (tertiary/aromatic N) is 3. The van der Waals surface area contributed by atoms with Crippen molar-refractivity contribution in [2.24, 2.45) is 0 Å². The Bertz CT molecular complexity index is 798. The van der Waals surface area contributed by atoms with Gasteiger partial charge in [0.2, 0.25) is 5.91 Å². The molecule has 1 aromatic carbocycles. The zero-order chi connectivity index (χ0) is 17.3. The van der Waals surface area contributed by atoms with Crippen LogP contribution in [0.4, 0.5) is 15.6 Å². The fourth-order valence-electron chi connectivity index (χ4n) is 2.32. The molecule has 1 aliphatic rings. The van der Waals surface area contributed by atoms with E-state index in [1.54, 1.807) is 29.5 Å². The van der Waals surface area contributed by atoms with Crippen molar-refractivity contribution in [3.05, 3.63) is 38.8 Å². The molecule has 0 radical (unpaired) electrons. The molecule has 2 heterocycles. The number of rotatable bonds is 4. The lowest BCUT2D eigenvalue weighted by atomic mass is 10.2. The molecule has 126 valence electrons. The molecule has 0 aliphatic carbocycles. The van der Waals surface area contributed by atoms with E-state index in [0.29, 0.717) is 34.6 Å². The minimum atomic E-state index is -0.152. The molecule has 3 amide bonds. The van der Waals surface area contributed by atoms with E-state index in [2.05, 4.69) is 26.2 Å². The lowest BCUT2D eigenvalue weighted by Crippen LogP contribution is -2.29. The molecule has 24 heavy (non-hydrogen) atoms. The summed E-state index contributed by atoms with van der Waals surface area (Å²) in [7, 11) is 1.68. The summed E-state index contributed by atoms with van der Waals surface area (Å²) >= 11 is 10.9. The molecule has 0 spiro atoms. The lowest BCUT2D eigenvalue weighted by molar-refractivity contribution is -0.117. The standard InChI is InChI=1S/C15H14BrClN4O2S/c1-20(12-3-2-9(16)6-11(12)17)13(22)7-10-8-24-15(19-10)21-5-4-18-14(21)23/h2-3,6,8H,4-5,7H2,1H3,(H,18,23). The second-order valence-corrected chi connectivity index (χ2v) is 7.39. The molecule has 6 nitrogen and oxygen atoms in total. The Kier molecular flexibility index (Phi) is 5.07. The van der Waals surface area contributed by atoms with Crippen LogP contribution in [0.1, 0.15) is 5.69 Å². The highest BCUT2D eigenvalue weighted by molar-refractivity contribution is 9.10.